The van der Waals surface area contributed by atoms with Crippen molar-refractivity contribution in [1.82, 2.24) is 4.98 Å². The van der Waals surface area contributed by atoms with Gasteiger partial charge in [0.05, 0.1) is 0 Å². The van der Waals surface area contributed by atoms with Crippen LogP contribution in [0.1, 0.15) is 11.3 Å². The molecule has 1 aromatic carbocycles. The van der Waals surface area contributed by atoms with E-state index >= 15 is 0 Å². The molecule has 4 heteroatoms. The fraction of sp³-hybridized carbons (Fsp3) is 0.267. The molecule has 0 aliphatic carbocycles. The van der Waals surface area contributed by atoms with Crippen LogP contribution in [0.4, 0.5) is 0 Å². The Labute approximate surface area is 120 Å². The van der Waals surface area contributed by atoms with Gasteiger partial charge >= 0.3 is 0 Å². The molecule has 0 radical (unpaired) electrons. The van der Waals surface area contributed by atoms with Crippen LogP contribution in [0.5, 0.6) is 5.75 Å². The third-order valence-corrected chi connectivity index (χ3v) is 3.85. The highest BCUT2D eigenvalue weighted by Gasteiger charge is 2.28. The van der Waals surface area contributed by atoms with E-state index in [0.29, 0.717) is 0 Å². The number of rotatable bonds is 3. The molecule has 1 aromatic heterocycles. The molecule has 2 atom stereocenters. The third-order valence-electron chi connectivity index (χ3n) is 3.38. The lowest BCUT2D eigenvalue weighted by atomic mass is 10.0. The monoisotopic (exact) mass is 318 g/mol. The standard InChI is InChI=1S/C15H15BrN2O/c16-11-5-6-12(18-9-11)8-13(17)15-7-10-3-1-2-4-14(10)19-15/h1-6,9,13,15H,7-8,17H2. The highest BCUT2D eigenvalue weighted by Crippen LogP contribution is 2.29. The minimum absolute atomic E-state index is 0.0407. The number of nitrogens with zero attached hydrogens (tertiary/aromatic N) is 1. The van der Waals surface area contributed by atoms with E-state index < -0.39 is 0 Å². The second-order valence-electron chi connectivity index (χ2n) is 4.80. The van der Waals surface area contributed by atoms with Gasteiger partial charge in [0.15, 0.2) is 0 Å². The maximum Gasteiger partial charge on any atom is 0.123 e. The van der Waals surface area contributed by atoms with Gasteiger partial charge in [-0.15, -0.1) is 0 Å². The highest BCUT2D eigenvalue weighted by atomic mass is 79.9. The fourth-order valence-corrected chi connectivity index (χ4v) is 2.58. The lowest BCUT2D eigenvalue weighted by molar-refractivity contribution is 0.197. The highest BCUT2D eigenvalue weighted by molar-refractivity contribution is 9.10. The number of hydrogen-bond donors (Lipinski definition) is 1. The van der Waals surface area contributed by atoms with E-state index in [9.17, 15) is 0 Å². The lowest BCUT2D eigenvalue weighted by Gasteiger charge is -2.18. The molecule has 0 saturated carbocycles. The molecule has 0 saturated heterocycles. The van der Waals surface area contributed by atoms with Crippen molar-refractivity contribution in [2.45, 2.75) is 25.0 Å². The van der Waals surface area contributed by atoms with Crippen LogP contribution in [0.25, 0.3) is 0 Å². The van der Waals surface area contributed by atoms with Gasteiger partial charge in [-0.25, -0.2) is 0 Å². The van der Waals surface area contributed by atoms with Crippen molar-refractivity contribution in [2.24, 2.45) is 5.73 Å². The van der Waals surface area contributed by atoms with E-state index in [2.05, 4.69) is 27.0 Å². The molecule has 1 aliphatic rings. The molecule has 2 unspecified atom stereocenters. The quantitative estimate of drug-likeness (QED) is 0.946. The van der Waals surface area contributed by atoms with Gasteiger partial charge in [0.1, 0.15) is 11.9 Å². The number of pyridine rings is 1. The second kappa shape index (κ2) is 5.31. The van der Waals surface area contributed by atoms with Crippen molar-refractivity contribution in [2.75, 3.05) is 0 Å². The van der Waals surface area contributed by atoms with Gasteiger partial charge in [0.25, 0.3) is 0 Å². The summed E-state index contributed by atoms with van der Waals surface area (Å²) in [4.78, 5) is 4.36. The topological polar surface area (TPSA) is 48.1 Å². The molecular weight excluding hydrogens is 304 g/mol. The Morgan fingerprint density at radius 2 is 2.16 bits per heavy atom. The first kappa shape index (κ1) is 12.6. The molecule has 2 N–H and O–H groups in total. The van der Waals surface area contributed by atoms with Gasteiger partial charge in [0, 0.05) is 35.2 Å². The van der Waals surface area contributed by atoms with Crippen molar-refractivity contribution < 1.29 is 4.74 Å². The molecule has 2 heterocycles. The van der Waals surface area contributed by atoms with Crippen molar-refractivity contribution in [3.05, 3.63) is 58.3 Å². The molecular formula is C15H15BrN2O. The molecule has 0 fully saturated rings. The molecule has 0 amide bonds. The summed E-state index contributed by atoms with van der Waals surface area (Å²) in [7, 11) is 0. The zero-order valence-corrected chi connectivity index (χ0v) is 12.0. The molecule has 19 heavy (non-hydrogen) atoms. The summed E-state index contributed by atoms with van der Waals surface area (Å²) < 4.78 is 6.88. The summed E-state index contributed by atoms with van der Waals surface area (Å²) in [6.45, 7) is 0. The van der Waals surface area contributed by atoms with E-state index in [1.54, 1.807) is 6.20 Å². The minimum Gasteiger partial charge on any atom is -0.488 e. The van der Waals surface area contributed by atoms with E-state index in [1.165, 1.54) is 5.56 Å². The van der Waals surface area contributed by atoms with Gasteiger partial charge in [-0.3, -0.25) is 4.98 Å². The van der Waals surface area contributed by atoms with Crippen LogP contribution >= 0.6 is 15.9 Å². The number of hydrogen-bond acceptors (Lipinski definition) is 3. The summed E-state index contributed by atoms with van der Waals surface area (Å²) in [5, 5.41) is 0. The van der Waals surface area contributed by atoms with Crippen LogP contribution in [0, 0.1) is 0 Å². The first-order chi connectivity index (χ1) is 9.22. The molecule has 3 nitrogen and oxygen atoms in total. The zero-order valence-electron chi connectivity index (χ0n) is 10.4. The molecule has 1 aliphatic heterocycles. The van der Waals surface area contributed by atoms with Crippen LogP contribution < -0.4 is 10.5 Å². The molecule has 0 spiro atoms. The molecule has 3 rings (SSSR count). The normalized spacial score (nSPS) is 18.7. The number of halogens is 1. The Morgan fingerprint density at radius 3 is 2.89 bits per heavy atom. The molecule has 2 aromatic rings. The van der Waals surface area contributed by atoms with Crippen LogP contribution in [-0.2, 0) is 12.8 Å². The summed E-state index contributed by atoms with van der Waals surface area (Å²) >= 11 is 3.38. The lowest BCUT2D eigenvalue weighted by Crippen LogP contribution is -2.39. The Bertz CT molecular complexity index is 546. The maximum absolute atomic E-state index is 6.25. The van der Waals surface area contributed by atoms with Crippen molar-refractivity contribution in [3.8, 4) is 5.75 Å². The fourth-order valence-electron chi connectivity index (χ4n) is 2.35. The van der Waals surface area contributed by atoms with Gasteiger partial charge in [0.2, 0.25) is 0 Å². The first-order valence-corrected chi connectivity index (χ1v) is 7.12. The Hall–Kier alpha value is -1.39. The van der Waals surface area contributed by atoms with Gasteiger partial charge in [-0.2, -0.15) is 0 Å². The number of nitrogens with two attached hydrogens (primary N) is 1. The van der Waals surface area contributed by atoms with Crippen LogP contribution in [-0.4, -0.2) is 17.1 Å². The number of fused-ring (bicyclic) bond motifs is 1. The van der Waals surface area contributed by atoms with E-state index in [-0.39, 0.29) is 12.1 Å². The number of benzene rings is 1. The minimum atomic E-state index is -0.0407. The van der Waals surface area contributed by atoms with Crippen molar-refractivity contribution in [1.29, 1.82) is 0 Å². The zero-order chi connectivity index (χ0) is 13.2. The predicted molar refractivity (Wildman–Crippen MR) is 78.2 cm³/mol. The van der Waals surface area contributed by atoms with Gasteiger partial charge in [-0.05, 0) is 39.7 Å². The Balaban J connectivity index is 1.66. The average Bonchev–Trinajstić information content (AvgIpc) is 2.85. The summed E-state index contributed by atoms with van der Waals surface area (Å²) in [5.74, 6) is 0.965. The molecule has 98 valence electrons. The van der Waals surface area contributed by atoms with Crippen LogP contribution in [0.3, 0.4) is 0 Å². The second-order valence-corrected chi connectivity index (χ2v) is 5.72. The Morgan fingerprint density at radius 1 is 1.32 bits per heavy atom. The molecule has 0 bridgehead atoms. The van der Waals surface area contributed by atoms with Gasteiger partial charge < -0.3 is 10.5 Å². The van der Waals surface area contributed by atoms with Crippen LogP contribution in [0.2, 0.25) is 0 Å². The number of aromatic nitrogens is 1. The van der Waals surface area contributed by atoms with Crippen LogP contribution in [0.15, 0.2) is 47.1 Å². The maximum atomic E-state index is 6.25. The SMILES string of the molecule is NC(Cc1ccc(Br)cn1)C1Cc2ccccc2O1. The largest absolute Gasteiger partial charge is 0.488 e. The average molecular weight is 319 g/mol. The van der Waals surface area contributed by atoms with E-state index in [4.69, 9.17) is 10.5 Å². The Kier molecular flexibility index (Phi) is 3.53. The summed E-state index contributed by atoms with van der Waals surface area (Å²) in [5.41, 5.74) is 8.49. The predicted octanol–water partition coefficient (Wildman–Crippen LogP) is 2.72. The summed E-state index contributed by atoms with van der Waals surface area (Å²) in [6, 6.07) is 12.1. The van der Waals surface area contributed by atoms with Crippen molar-refractivity contribution in [3.63, 3.8) is 0 Å². The number of ether oxygens (including phenoxy) is 1. The third kappa shape index (κ3) is 2.80. The van der Waals surface area contributed by atoms with E-state index in [0.717, 1.165) is 28.8 Å². The number of para-hydroxylation sites is 1. The smallest absolute Gasteiger partial charge is 0.123 e. The van der Waals surface area contributed by atoms with Gasteiger partial charge in [-0.1, -0.05) is 18.2 Å². The summed E-state index contributed by atoms with van der Waals surface area (Å²) in [6.07, 6.45) is 3.45. The first-order valence-electron chi connectivity index (χ1n) is 6.33. The van der Waals surface area contributed by atoms with Crippen molar-refractivity contribution >= 4 is 15.9 Å². The van der Waals surface area contributed by atoms with E-state index in [1.807, 2.05) is 30.3 Å².